The Kier molecular flexibility index (Phi) is 3.92. The molecule has 22 heavy (non-hydrogen) atoms. The highest BCUT2D eigenvalue weighted by molar-refractivity contribution is 6.40. The quantitative estimate of drug-likeness (QED) is 0.865. The molecule has 0 saturated heterocycles. The molecule has 2 aromatic rings. The van der Waals surface area contributed by atoms with E-state index in [0.29, 0.717) is 6.54 Å². The molecule has 1 N–H and O–H groups in total. The number of hydrogen-bond donors (Lipinski definition) is 1. The summed E-state index contributed by atoms with van der Waals surface area (Å²) >= 11 is 0. The molecule has 2 aromatic carbocycles. The molecule has 4 heteroatoms. The molecule has 0 aromatic heterocycles. The molecule has 1 atom stereocenters. The Bertz CT molecular complexity index is 697. The Morgan fingerprint density at radius 1 is 1.05 bits per heavy atom. The summed E-state index contributed by atoms with van der Waals surface area (Å²) in [5, 5.41) is 2.77. The minimum atomic E-state index is -0.562. The van der Waals surface area contributed by atoms with Crippen molar-refractivity contribution < 1.29 is 9.59 Å². The molecule has 3 rings (SSSR count). The van der Waals surface area contributed by atoms with Gasteiger partial charge in [0.15, 0.2) is 0 Å². The lowest BCUT2D eigenvalue weighted by molar-refractivity contribution is -0.138. The normalized spacial score (nSPS) is 14.3. The first kappa shape index (κ1) is 14.3. The van der Waals surface area contributed by atoms with E-state index in [-0.39, 0.29) is 6.04 Å². The number of fused-ring (bicyclic) bond motifs is 1. The Labute approximate surface area is 129 Å². The SMILES string of the molecule is CC(NC(=O)C(=O)N1CCc2ccccc21)c1ccccc1. The van der Waals surface area contributed by atoms with Crippen molar-refractivity contribution in [1.82, 2.24) is 5.32 Å². The molecule has 0 fully saturated rings. The number of amides is 2. The minimum absolute atomic E-state index is 0.199. The van der Waals surface area contributed by atoms with Crippen LogP contribution in [0.2, 0.25) is 0 Å². The fourth-order valence-corrected chi connectivity index (χ4v) is 2.76. The van der Waals surface area contributed by atoms with Crippen molar-refractivity contribution in [2.24, 2.45) is 0 Å². The number of carbonyl (C=O) groups is 2. The fraction of sp³-hybridized carbons (Fsp3) is 0.222. The van der Waals surface area contributed by atoms with E-state index in [2.05, 4.69) is 5.32 Å². The van der Waals surface area contributed by atoms with Crippen molar-refractivity contribution >= 4 is 17.5 Å². The summed E-state index contributed by atoms with van der Waals surface area (Å²) < 4.78 is 0. The number of para-hydroxylation sites is 1. The van der Waals surface area contributed by atoms with Crippen LogP contribution in [0.3, 0.4) is 0 Å². The van der Waals surface area contributed by atoms with Gasteiger partial charge in [-0.1, -0.05) is 48.5 Å². The summed E-state index contributed by atoms with van der Waals surface area (Å²) in [5.74, 6) is -1.05. The first-order valence-corrected chi connectivity index (χ1v) is 7.42. The Morgan fingerprint density at radius 3 is 2.50 bits per heavy atom. The monoisotopic (exact) mass is 294 g/mol. The maximum Gasteiger partial charge on any atom is 0.316 e. The second-order valence-corrected chi connectivity index (χ2v) is 5.44. The molecule has 1 aliphatic rings. The van der Waals surface area contributed by atoms with E-state index in [4.69, 9.17) is 0 Å². The van der Waals surface area contributed by atoms with Crippen LogP contribution in [0.15, 0.2) is 54.6 Å². The van der Waals surface area contributed by atoms with Crippen LogP contribution in [0.5, 0.6) is 0 Å². The van der Waals surface area contributed by atoms with Crippen LogP contribution in [0.4, 0.5) is 5.69 Å². The van der Waals surface area contributed by atoms with Crippen molar-refractivity contribution in [2.75, 3.05) is 11.4 Å². The highest BCUT2D eigenvalue weighted by Gasteiger charge is 2.29. The van der Waals surface area contributed by atoms with Gasteiger partial charge in [-0.3, -0.25) is 9.59 Å². The number of rotatable bonds is 2. The Morgan fingerprint density at radius 2 is 1.73 bits per heavy atom. The molecule has 4 nitrogen and oxygen atoms in total. The van der Waals surface area contributed by atoms with Crippen molar-refractivity contribution in [3.05, 3.63) is 65.7 Å². The number of nitrogens with zero attached hydrogens (tertiary/aromatic N) is 1. The van der Waals surface area contributed by atoms with Gasteiger partial charge in [0.05, 0.1) is 6.04 Å². The Hall–Kier alpha value is -2.62. The molecule has 0 radical (unpaired) electrons. The van der Waals surface area contributed by atoms with Gasteiger partial charge >= 0.3 is 11.8 Å². The topological polar surface area (TPSA) is 49.4 Å². The van der Waals surface area contributed by atoms with Crippen molar-refractivity contribution in [1.29, 1.82) is 0 Å². The zero-order valence-electron chi connectivity index (χ0n) is 12.5. The molecule has 1 aliphatic heterocycles. The summed E-state index contributed by atoms with van der Waals surface area (Å²) in [5.41, 5.74) is 2.93. The van der Waals surface area contributed by atoms with Gasteiger partial charge in [0, 0.05) is 12.2 Å². The van der Waals surface area contributed by atoms with E-state index >= 15 is 0 Å². The molecule has 0 aliphatic carbocycles. The third kappa shape index (κ3) is 2.72. The molecular weight excluding hydrogens is 276 g/mol. The van der Waals surface area contributed by atoms with Gasteiger partial charge in [-0.25, -0.2) is 0 Å². The second kappa shape index (κ2) is 6.02. The predicted octanol–water partition coefficient (Wildman–Crippen LogP) is 2.45. The van der Waals surface area contributed by atoms with Crippen LogP contribution in [0, 0.1) is 0 Å². The van der Waals surface area contributed by atoms with Gasteiger partial charge in [-0.15, -0.1) is 0 Å². The summed E-state index contributed by atoms with van der Waals surface area (Å²) in [7, 11) is 0. The van der Waals surface area contributed by atoms with E-state index in [0.717, 1.165) is 23.2 Å². The summed E-state index contributed by atoms with van der Waals surface area (Å²) in [6.07, 6.45) is 0.795. The smallest absolute Gasteiger partial charge is 0.316 e. The summed E-state index contributed by atoms with van der Waals surface area (Å²) in [6, 6.07) is 17.1. The number of anilines is 1. The highest BCUT2D eigenvalue weighted by atomic mass is 16.2. The maximum atomic E-state index is 12.4. The molecule has 0 bridgehead atoms. The third-order valence-corrected chi connectivity index (χ3v) is 3.97. The van der Waals surface area contributed by atoms with Crippen molar-refractivity contribution in [3.63, 3.8) is 0 Å². The molecule has 0 spiro atoms. The first-order valence-electron chi connectivity index (χ1n) is 7.42. The molecule has 1 heterocycles. The second-order valence-electron chi connectivity index (χ2n) is 5.44. The maximum absolute atomic E-state index is 12.4. The first-order chi connectivity index (χ1) is 10.7. The van der Waals surface area contributed by atoms with Gasteiger partial charge in [-0.05, 0) is 30.5 Å². The van der Waals surface area contributed by atoms with Gasteiger partial charge < -0.3 is 10.2 Å². The van der Waals surface area contributed by atoms with Gasteiger partial charge in [0.25, 0.3) is 0 Å². The van der Waals surface area contributed by atoms with Crippen LogP contribution in [-0.4, -0.2) is 18.4 Å². The number of nitrogens with one attached hydrogen (secondary N) is 1. The lowest BCUT2D eigenvalue weighted by atomic mass is 10.1. The largest absolute Gasteiger partial charge is 0.341 e. The van der Waals surface area contributed by atoms with Crippen molar-refractivity contribution in [3.8, 4) is 0 Å². The third-order valence-electron chi connectivity index (χ3n) is 3.97. The predicted molar refractivity (Wildman–Crippen MR) is 85.5 cm³/mol. The molecule has 1 unspecified atom stereocenters. The Balaban J connectivity index is 1.70. The van der Waals surface area contributed by atoms with Crippen LogP contribution in [0.25, 0.3) is 0 Å². The van der Waals surface area contributed by atoms with E-state index in [1.807, 2.05) is 61.5 Å². The molecule has 112 valence electrons. The van der Waals surface area contributed by atoms with Gasteiger partial charge in [-0.2, -0.15) is 0 Å². The number of benzene rings is 2. The highest BCUT2D eigenvalue weighted by Crippen LogP contribution is 2.27. The lowest BCUT2D eigenvalue weighted by Crippen LogP contribution is -2.43. The summed E-state index contributed by atoms with van der Waals surface area (Å²) in [6.45, 7) is 2.43. The van der Waals surface area contributed by atoms with Crippen LogP contribution >= 0.6 is 0 Å². The molecule has 0 saturated carbocycles. The fourth-order valence-electron chi connectivity index (χ4n) is 2.76. The lowest BCUT2D eigenvalue weighted by Gasteiger charge is -2.19. The zero-order valence-corrected chi connectivity index (χ0v) is 12.5. The van der Waals surface area contributed by atoms with Crippen LogP contribution < -0.4 is 10.2 Å². The van der Waals surface area contributed by atoms with E-state index < -0.39 is 11.8 Å². The summed E-state index contributed by atoms with van der Waals surface area (Å²) in [4.78, 5) is 26.2. The average Bonchev–Trinajstić information content (AvgIpc) is 2.99. The van der Waals surface area contributed by atoms with E-state index in [1.165, 1.54) is 0 Å². The number of hydrogen-bond acceptors (Lipinski definition) is 2. The standard InChI is InChI=1S/C18H18N2O2/c1-13(14-7-3-2-4-8-14)19-17(21)18(22)20-12-11-15-9-5-6-10-16(15)20/h2-10,13H,11-12H2,1H3,(H,19,21). The zero-order chi connectivity index (χ0) is 15.5. The molecular formula is C18H18N2O2. The van der Waals surface area contributed by atoms with Gasteiger partial charge in [0.2, 0.25) is 0 Å². The van der Waals surface area contributed by atoms with Crippen LogP contribution in [0.1, 0.15) is 24.1 Å². The van der Waals surface area contributed by atoms with E-state index in [9.17, 15) is 9.59 Å². The molecule has 2 amide bonds. The van der Waals surface area contributed by atoms with Gasteiger partial charge in [0.1, 0.15) is 0 Å². The minimum Gasteiger partial charge on any atom is -0.341 e. The van der Waals surface area contributed by atoms with Crippen molar-refractivity contribution in [2.45, 2.75) is 19.4 Å². The van der Waals surface area contributed by atoms with E-state index in [1.54, 1.807) is 4.90 Å². The number of carbonyl (C=O) groups excluding carboxylic acids is 2. The average molecular weight is 294 g/mol. The van der Waals surface area contributed by atoms with Crippen LogP contribution in [-0.2, 0) is 16.0 Å².